The Bertz CT molecular complexity index is 494. The van der Waals surface area contributed by atoms with Gasteiger partial charge < -0.3 is 9.64 Å². The van der Waals surface area contributed by atoms with Crippen LogP contribution in [0.4, 0.5) is 0 Å². The third-order valence-electron chi connectivity index (χ3n) is 4.80. The first-order valence-corrected chi connectivity index (χ1v) is 7.60. The molecule has 2 saturated heterocycles. The molecule has 3 rings (SSSR count). The van der Waals surface area contributed by atoms with Gasteiger partial charge >= 0.3 is 0 Å². The summed E-state index contributed by atoms with van der Waals surface area (Å²) in [5.74, 6) is 0.611. The molecular weight excluding hydrogens is 266 g/mol. The van der Waals surface area contributed by atoms with Crippen LogP contribution in [0.5, 0.6) is 0 Å². The Morgan fingerprint density at radius 3 is 2.81 bits per heavy atom. The van der Waals surface area contributed by atoms with E-state index in [1.165, 1.54) is 5.56 Å². The maximum Gasteiger partial charge on any atom is 0.219 e. The molecule has 114 valence electrons. The molecule has 0 spiro atoms. The van der Waals surface area contributed by atoms with Crippen molar-refractivity contribution < 1.29 is 9.53 Å². The Labute approximate surface area is 125 Å². The Morgan fingerprint density at radius 1 is 1.38 bits per heavy atom. The molecule has 1 amide bonds. The largest absolute Gasteiger partial charge is 0.381 e. The molecule has 5 heteroatoms. The van der Waals surface area contributed by atoms with E-state index in [0.29, 0.717) is 12.0 Å². The van der Waals surface area contributed by atoms with E-state index in [-0.39, 0.29) is 12.0 Å². The standard InChI is InChI=1S/C16H23N3O2/c1-12(20)19-8-5-16(21-2)14-10-18(11-15(14)19)9-13-3-6-17-7-4-13/h3-4,6-7,14-16H,5,8-11H2,1-2H3/t14-,15+,16+/m0/s1. The lowest BCUT2D eigenvalue weighted by Crippen LogP contribution is -2.52. The number of fused-ring (bicyclic) bond motifs is 1. The number of nitrogens with zero attached hydrogens (tertiary/aromatic N) is 3. The lowest BCUT2D eigenvalue weighted by Gasteiger charge is -2.40. The van der Waals surface area contributed by atoms with E-state index in [4.69, 9.17) is 4.74 Å². The number of piperidine rings is 1. The zero-order valence-electron chi connectivity index (χ0n) is 12.7. The highest BCUT2D eigenvalue weighted by Crippen LogP contribution is 2.33. The van der Waals surface area contributed by atoms with E-state index in [2.05, 4.69) is 22.0 Å². The molecule has 0 N–H and O–H groups in total. The van der Waals surface area contributed by atoms with Crippen LogP contribution in [0.15, 0.2) is 24.5 Å². The van der Waals surface area contributed by atoms with Crippen LogP contribution in [-0.4, -0.2) is 59.6 Å². The summed E-state index contributed by atoms with van der Waals surface area (Å²) in [6, 6.07) is 4.40. The van der Waals surface area contributed by atoms with Crippen LogP contribution in [0.2, 0.25) is 0 Å². The summed E-state index contributed by atoms with van der Waals surface area (Å²) in [6.07, 6.45) is 4.88. The van der Waals surface area contributed by atoms with Crippen molar-refractivity contribution >= 4 is 5.91 Å². The van der Waals surface area contributed by atoms with E-state index < -0.39 is 0 Å². The summed E-state index contributed by atoms with van der Waals surface area (Å²) in [5.41, 5.74) is 1.27. The molecule has 1 aromatic rings. The van der Waals surface area contributed by atoms with Gasteiger partial charge in [0.25, 0.3) is 0 Å². The number of hydrogen-bond donors (Lipinski definition) is 0. The number of carbonyl (C=O) groups excluding carboxylic acids is 1. The third-order valence-corrected chi connectivity index (χ3v) is 4.80. The van der Waals surface area contributed by atoms with E-state index >= 15 is 0 Å². The zero-order valence-corrected chi connectivity index (χ0v) is 12.7. The quantitative estimate of drug-likeness (QED) is 0.837. The van der Waals surface area contributed by atoms with Crippen molar-refractivity contribution in [2.75, 3.05) is 26.7 Å². The second kappa shape index (κ2) is 6.12. The zero-order chi connectivity index (χ0) is 14.8. The maximum atomic E-state index is 11.9. The first-order valence-electron chi connectivity index (χ1n) is 7.60. The second-order valence-electron chi connectivity index (χ2n) is 6.06. The molecular formula is C16H23N3O2. The first kappa shape index (κ1) is 14.5. The molecule has 2 fully saturated rings. The molecule has 3 heterocycles. The van der Waals surface area contributed by atoms with E-state index in [9.17, 15) is 4.79 Å². The van der Waals surface area contributed by atoms with Gasteiger partial charge in [-0.3, -0.25) is 14.7 Å². The van der Waals surface area contributed by atoms with Gasteiger partial charge in [0.15, 0.2) is 0 Å². The van der Waals surface area contributed by atoms with Gasteiger partial charge in [-0.05, 0) is 24.1 Å². The molecule has 0 aromatic carbocycles. The Kier molecular flexibility index (Phi) is 4.22. The number of methoxy groups -OCH3 is 1. The number of ether oxygens (including phenoxy) is 1. The smallest absolute Gasteiger partial charge is 0.219 e. The molecule has 0 aliphatic carbocycles. The van der Waals surface area contributed by atoms with Crippen LogP contribution in [0.3, 0.4) is 0 Å². The number of hydrogen-bond acceptors (Lipinski definition) is 4. The van der Waals surface area contributed by atoms with E-state index in [1.54, 1.807) is 14.0 Å². The van der Waals surface area contributed by atoms with Crippen molar-refractivity contribution in [2.24, 2.45) is 5.92 Å². The molecule has 1 aromatic heterocycles. The number of amides is 1. The Balaban J connectivity index is 1.72. The number of rotatable bonds is 3. The Hall–Kier alpha value is -1.46. The monoisotopic (exact) mass is 289 g/mol. The Morgan fingerprint density at radius 2 is 2.14 bits per heavy atom. The van der Waals surface area contributed by atoms with Crippen molar-refractivity contribution in [3.63, 3.8) is 0 Å². The lowest BCUT2D eigenvalue weighted by atomic mass is 9.89. The first-order chi connectivity index (χ1) is 10.2. The number of aromatic nitrogens is 1. The van der Waals surface area contributed by atoms with Gasteiger partial charge in [-0.25, -0.2) is 0 Å². The van der Waals surface area contributed by atoms with Crippen molar-refractivity contribution in [1.29, 1.82) is 0 Å². The number of likely N-dealkylation sites (tertiary alicyclic amines) is 2. The third kappa shape index (κ3) is 2.94. The summed E-state index contributed by atoms with van der Waals surface area (Å²) >= 11 is 0. The molecule has 21 heavy (non-hydrogen) atoms. The highest BCUT2D eigenvalue weighted by molar-refractivity contribution is 5.73. The summed E-state index contributed by atoms with van der Waals surface area (Å²) in [5, 5.41) is 0. The predicted molar refractivity (Wildman–Crippen MR) is 79.6 cm³/mol. The molecule has 2 aliphatic rings. The van der Waals surface area contributed by atoms with Crippen LogP contribution in [0.1, 0.15) is 18.9 Å². The maximum absolute atomic E-state index is 11.9. The van der Waals surface area contributed by atoms with Crippen LogP contribution >= 0.6 is 0 Å². The number of carbonyl (C=O) groups is 1. The summed E-state index contributed by atoms with van der Waals surface area (Å²) in [7, 11) is 1.79. The summed E-state index contributed by atoms with van der Waals surface area (Å²) in [6.45, 7) is 5.34. The van der Waals surface area contributed by atoms with Gasteiger partial charge in [-0.15, -0.1) is 0 Å². The molecule has 0 radical (unpaired) electrons. The second-order valence-corrected chi connectivity index (χ2v) is 6.06. The normalized spacial score (nSPS) is 29.4. The lowest BCUT2D eigenvalue weighted by molar-refractivity contribution is -0.136. The SMILES string of the molecule is CO[C@@H]1CCN(C(C)=O)[C@@H]2CN(Cc3ccncc3)C[C@@H]21. The fraction of sp³-hybridized carbons (Fsp3) is 0.625. The van der Waals surface area contributed by atoms with Crippen molar-refractivity contribution in [3.05, 3.63) is 30.1 Å². The van der Waals surface area contributed by atoms with Crippen molar-refractivity contribution in [3.8, 4) is 0 Å². The average Bonchev–Trinajstić information content (AvgIpc) is 2.90. The summed E-state index contributed by atoms with van der Waals surface area (Å²) < 4.78 is 5.66. The molecule has 5 nitrogen and oxygen atoms in total. The highest BCUT2D eigenvalue weighted by atomic mass is 16.5. The van der Waals surface area contributed by atoms with Gasteiger partial charge in [-0.1, -0.05) is 0 Å². The van der Waals surface area contributed by atoms with Gasteiger partial charge in [0, 0.05) is 58.5 Å². The molecule has 0 bridgehead atoms. The van der Waals surface area contributed by atoms with Crippen LogP contribution in [-0.2, 0) is 16.1 Å². The van der Waals surface area contributed by atoms with E-state index in [1.807, 2.05) is 17.3 Å². The molecule has 0 saturated carbocycles. The average molecular weight is 289 g/mol. The van der Waals surface area contributed by atoms with E-state index in [0.717, 1.165) is 32.6 Å². The van der Waals surface area contributed by atoms with Crippen molar-refractivity contribution in [1.82, 2.24) is 14.8 Å². The molecule has 2 aliphatic heterocycles. The molecule has 0 unspecified atom stereocenters. The van der Waals surface area contributed by atoms with Gasteiger partial charge in [0.1, 0.15) is 0 Å². The van der Waals surface area contributed by atoms with Crippen LogP contribution in [0.25, 0.3) is 0 Å². The fourth-order valence-corrected chi connectivity index (χ4v) is 3.79. The van der Waals surface area contributed by atoms with Crippen molar-refractivity contribution in [2.45, 2.75) is 32.0 Å². The van der Waals surface area contributed by atoms with Crippen LogP contribution in [0, 0.1) is 5.92 Å². The summed E-state index contributed by atoms with van der Waals surface area (Å²) in [4.78, 5) is 20.4. The predicted octanol–water partition coefficient (Wildman–Crippen LogP) is 1.15. The number of pyridine rings is 1. The fourth-order valence-electron chi connectivity index (χ4n) is 3.79. The van der Waals surface area contributed by atoms with Gasteiger partial charge in [0.2, 0.25) is 5.91 Å². The van der Waals surface area contributed by atoms with Crippen LogP contribution < -0.4 is 0 Å². The minimum atomic E-state index is 0.185. The van der Waals surface area contributed by atoms with Gasteiger partial charge in [-0.2, -0.15) is 0 Å². The minimum Gasteiger partial charge on any atom is -0.381 e. The molecule has 3 atom stereocenters. The minimum absolute atomic E-state index is 0.185. The highest BCUT2D eigenvalue weighted by Gasteiger charge is 2.45. The topological polar surface area (TPSA) is 45.7 Å². The van der Waals surface area contributed by atoms with Gasteiger partial charge in [0.05, 0.1) is 12.1 Å².